The van der Waals surface area contributed by atoms with Gasteiger partial charge in [0.25, 0.3) is 0 Å². The molecule has 320 valence electrons. The Labute approximate surface area is 358 Å². The monoisotopic (exact) mass is 935 g/mol. The number of nitrogens with one attached hydrogen (secondary N) is 1. The summed E-state index contributed by atoms with van der Waals surface area (Å²) in [5.74, 6) is 0. The number of ether oxygens (including phenoxy) is 4. The van der Waals surface area contributed by atoms with E-state index in [9.17, 15) is 14.4 Å². The van der Waals surface area contributed by atoms with E-state index in [4.69, 9.17) is 14.2 Å². The smallest absolute Gasteiger partial charge is 0.442 e. The van der Waals surface area contributed by atoms with Crippen LogP contribution < -0.4 is 4.90 Å². The Balaban J connectivity index is 0.000000376. The molecule has 5 heterocycles. The van der Waals surface area contributed by atoms with Gasteiger partial charge in [0.05, 0.1) is 17.9 Å². The van der Waals surface area contributed by atoms with E-state index >= 15 is 0 Å². The van der Waals surface area contributed by atoms with Crippen molar-refractivity contribution in [3.8, 4) is 0 Å². The highest BCUT2D eigenvalue weighted by molar-refractivity contribution is 9.10. The maximum Gasteiger partial charge on any atom is 0.519 e. The predicted octanol–water partition coefficient (Wildman–Crippen LogP) is 10.1. The number of nitrogens with zero attached hydrogens (tertiary/aromatic N) is 8. The number of carbonyl (C=O) groups is 3. The molecule has 5 rings (SSSR count). The average molecular weight is 938 g/mol. The second-order valence-electron chi connectivity index (χ2n) is 15.3. The Bertz CT molecular complexity index is 1950. The first-order valence-electron chi connectivity index (χ1n) is 18.5. The van der Waals surface area contributed by atoms with Gasteiger partial charge in [-0.25, -0.2) is 14.4 Å². The van der Waals surface area contributed by atoms with Crippen molar-refractivity contribution in [3.05, 3.63) is 70.4 Å². The molecular weight excluding hydrogens is 878 g/mol. The second kappa shape index (κ2) is 24.3. The summed E-state index contributed by atoms with van der Waals surface area (Å²) in [4.78, 5) is 50.5. The number of fused-ring (bicyclic) bond motifs is 2. The fourth-order valence-corrected chi connectivity index (χ4v) is 4.71. The summed E-state index contributed by atoms with van der Waals surface area (Å²) < 4.78 is 22.0. The molecular formula is C40H59Br2N9O7. The van der Waals surface area contributed by atoms with Gasteiger partial charge in [0.2, 0.25) is 0 Å². The van der Waals surface area contributed by atoms with E-state index in [0.29, 0.717) is 11.0 Å². The molecule has 0 amide bonds. The van der Waals surface area contributed by atoms with E-state index in [-0.39, 0.29) is 0 Å². The third-order valence-electron chi connectivity index (χ3n) is 6.68. The van der Waals surface area contributed by atoms with Gasteiger partial charge >= 0.3 is 18.4 Å². The van der Waals surface area contributed by atoms with E-state index < -0.39 is 35.2 Å². The summed E-state index contributed by atoms with van der Waals surface area (Å²) >= 11 is 6.61. The van der Waals surface area contributed by atoms with Gasteiger partial charge < -0.3 is 28.7 Å². The molecule has 0 aromatic carbocycles. The minimum absolute atomic E-state index is 0.507. The van der Waals surface area contributed by atoms with E-state index in [2.05, 4.69) is 92.5 Å². The molecule has 0 aliphatic heterocycles. The van der Waals surface area contributed by atoms with Crippen LogP contribution in [0.4, 0.5) is 20.1 Å². The molecule has 0 bridgehead atoms. The highest BCUT2D eigenvalue weighted by atomic mass is 79.9. The number of halogens is 2. The number of rotatable bonds is 4. The topological polar surface area (TPSA) is 180 Å². The number of H-pyrrole nitrogens is 1. The van der Waals surface area contributed by atoms with Crippen molar-refractivity contribution < 1.29 is 33.3 Å². The zero-order chi connectivity index (χ0) is 44.3. The zero-order valence-electron chi connectivity index (χ0n) is 36.1. The lowest BCUT2D eigenvalue weighted by Crippen LogP contribution is -2.29. The van der Waals surface area contributed by atoms with Crippen molar-refractivity contribution in [1.29, 1.82) is 0 Å². The summed E-state index contributed by atoms with van der Waals surface area (Å²) in [5.41, 5.74) is 2.36. The summed E-state index contributed by atoms with van der Waals surface area (Å²) in [6, 6.07) is 7.66. The first-order valence-corrected chi connectivity index (χ1v) is 20.1. The summed E-state index contributed by atoms with van der Waals surface area (Å²) in [6.45, 7) is 25.6. The molecule has 5 aromatic heterocycles. The van der Waals surface area contributed by atoms with Crippen molar-refractivity contribution in [2.75, 3.05) is 38.6 Å². The van der Waals surface area contributed by atoms with Gasteiger partial charge in [0.15, 0.2) is 0 Å². The molecule has 0 aliphatic rings. The summed E-state index contributed by atoms with van der Waals surface area (Å²) in [7, 11) is 4.02. The Morgan fingerprint density at radius 2 is 1.19 bits per heavy atom. The number of hydrogen-bond acceptors (Lipinski definition) is 14. The predicted molar refractivity (Wildman–Crippen MR) is 234 cm³/mol. The molecule has 0 saturated carbocycles. The van der Waals surface area contributed by atoms with Crippen LogP contribution >= 0.6 is 31.9 Å². The molecule has 0 atom stereocenters. The number of aromatic nitrogens is 7. The van der Waals surface area contributed by atoms with Crippen LogP contribution in [0.3, 0.4) is 0 Å². The lowest BCUT2D eigenvalue weighted by Gasteiger charge is -2.20. The van der Waals surface area contributed by atoms with Crippen molar-refractivity contribution in [3.63, 3.8) is 0 Å². The standard InChI is InChI=1S/C11H12BrN3O2.C10H18O5.C7H10N2.C6H4BrN3.C6H15N/c1-11(2,3)17-10(16)15-9-4-7(12)5-13-8(9)6-14-15;1-9(2,3)14-7(11)13-8(12)15-10(4,5)6;1-9(2)7-3-5-8-6-4-7;7-4-1-5-6(8-2-4)3-9-10-5;1-4-7(5-2)6-3/h4-6H,1-3H3;1-6H3;3-6H,1-2H3;1-3H,(H,9,10);4-6H2,1-3H3. The Morgan fingerprint density at radius 1 is 0.707 bits per heavy atom. The third kappa shape index (κ3) is 21.7. The van der Waals surface area contributed by atoms with E-state index in [1.165, 1.54) is 36.2 Å². The van der Waals surface area contributed by atoms with Gasteiger partial charge in [-0.05, 0) is 138 Å². The van der Waals surface area contributed by atoms with Gasteiger partial charge in [-0.15, -0.1) is 0 Å². The third-order valence-corrected chi connectivity index (χ3v) is 7.54. The molecule has 1 N–H and O–H groups in total. The van der Waals surface area contributed by atoms with E-state index in [0.717, 1.165) is 20.0 Å². The van der Waals surface area contributed by atoms with E-state index in [1.807, 2.05) is 58.0 Å². The highest BCUT2D eigenvalue weighted by Gasteiger charge is 2.24. The molecule has 5 aromatic rings. The van der Waals surface area contributed by atoms with Crippen LogP contribution in [0.5, 0.6) is 0 Å². The Kier molecular flexibility index (Phi) is 21.5. The van der Waals surface area contributed by atoms with Crippen molar-refractivity contribution in [2.24, 2.45) is 0 Å². The number of anilines is 1. The molecule has 0 unspecified atom stereocenters. The first kappa shape index (κ1) is 51.3. The molecule has 0 fully saturated rings. The largest absolute Gasteiger partial charge is 0.519 e. The molecule has 16 nitrogen and oxygen atoms in total. The fourth-order valence-electron chi connectivity index (χ4n) is 4.06. The maximum absolute atomic E-state index is 11.9. The lowest BCUT2D eigenvalue weighted by molar-refractivity contribution is -0.0294. The SMILES string of the molecule is Brc1cnc2cn[nH]c2c1.CC(C)(C)OC(=O)OC(=O)OC(C)(C)C.CC(C)(C)OC(=O)n1ncc2ncc(Br)cc21.CCN(CC)CC.CN(C)c1ccncc1. The zero-order valence-corrected chi connectivity index (χ0v) is 39.3. The van der Waals surface area contributed by atoms with Crippen LogP contribution in [-0.4, -0.2) is 109 Å². The first-order chi connectivity index (χ1) is 26.9. The fraction of sp³-hybridized carbons (Fsp3) is 0.500. The van der Waals surface area contributed by atoms with Crippen molar-refractivity contribution >= 4 is 78.0 Å². The second-order valence-corrected chi connectivity index (χ2v) is 17.1. The maximum atomic E-state index is 11.9. The van der Waals surface area contributed by atoms with Crippen LogP contribution in [0.2, 0.25) is 0 Å². The minimum atomic E-state index is -1.06. The van der Waals surface area contributed by atoms with Gasteiger partial charge in [-0.3, -0.25) is 20.1 Å². The van der Waals surface area contributed by atoms with Crippen LogP contribution in [0.25, 0.3) is 22.1 Å². The molecule has 58 heavy (non-hydrogen) atoms. The van der Waals surface area contributed by atoms with Gasteiger partial charge in [0.1, 0.15) is 33.4 Å². The quantitative estimate of drug-likeness (QED) is 0.102. The molecule has 18 heteroatoms. The van der Waals surface area contributed by atoms with Gasteiger partial charge in [-0.1, -0.05) is 20.8 Å². The normalized spacial score (nSPS) is 11.0. The lowest BCUT2D eigenvalue weighted by atomic mass is 10.2. The van der Waals surface area contributed by atoms with Crippen molar-refractivity contribution in [1.82, 2.24) is 39.8 Å². The Morgan fingerprint density at radius 3 is 1.62 bits per heavy atom. The Hall–Kier alpha value is -4.68. The van der Waals surface area contributed by atoms with Crippen molar-refractivity contribution in [2.45, 2.75) is 99.9 Å². The van der Waals surface area contributed by atoms with Crippen LogP contribution in [-0.2, 0) is 18.9 Å². The molecule has 0 spiro atoms. The van der Waals surface area contributed by atoms with E-state index in [1.54, 1.807) is 78.6 Å². The highest BCUT2D eigenvalue weighted by Crippen LogP contribution is 2.19. The van der Waals surface area contributed by atoms with Gasteiger partial charge in [-0.2, -0.15) is 14.9 Å². The summed E-state index contributed by atoms with van der Waals surface area (Å²) in [5, 5.41) is 10.6. The van der Waals surface area contributed by atoms with Crippen LogP contribution in [0, 0.1) is 0 Å². The minimum Gasteiger partial charge on any atom is -0.442 e. The number of carbonyl (C=O) groups excluding carboxylic acids is 3. The number of hydrogen-bond donors (Lipinski definition) is 1. The molecule has 0 aliphatic carbocycles. The number of pyridine rings is 3. The molecule has 0 saturated heterocycles. The van der Waals surface area contributed by atoms with Crippen LogP contribution in [0.1, 0.15) is 83.1 Å². The average Bonchev–Trinajstić information content (AvgIpc) is 3.75. The summed E-state index contributed by atoms with van der Waals surface area (Å²) in [6.07, 6.45) is 7.58. The van der Waals surface area contributed by atoms with Gasteiger partial charge in [0, 0.05) is 53.5 Å². The van der Waals surface area contributed by atoms with Crippen LogP contribution in [0.15, 0.2) is 70.4 Å². The number of aromatic amines is 1. The molecule has 0 radical (unpaired) electrons.